The highest BCUT2D eigenvalue weighted by molar-refractivity contribution is 5.95. The third-order valence-electron chi connectivity index (χ3n) is 4.69. The molecule has 1 aliphatic rings. The van der Waals surface area contributed by atoms with E-state index in [2.05, 4.69) is 35.0 Å². The van der Waals surface area contributed by atoms with Gasteiger partial charge in [-0.15, -0.1) is 0 Å². The smallest absolute Gasteiger partial charge is 0.141 e. The number of hydrogen-bond acceptors (Lipinski definition) is 5. The van der Waals surface area contributed by atoms with Gasteiger partial charge in [0.1, 0.15) is 17.3 Å². The van der Waals surface area contributed by atoms with E-state index in [1.165, 1.54) is 0 Å². The van der Waals surface area contributed by atoms with Crippen molar-refractivity contribution in [3.05, 3.63) is 66.3 Å². The third-order valence-corrected chi connectivity index (χ3v) is 4.69. The van der Waals surface area contributed by atoms with Gasteiger partial charge in [-0.1, -0.05) is 12.6 Å². The van der Waals surface area contributed by atoms with Crippen molar-refractivity contribution in [1.82, 2.24) is 10.3 Å². The molecule has 1 N–H and O–H groups in total. The van der Waals surface area contributed by atoms with E-state index >= 15 is 0 Å². The zero-order valence-electron chi connectivity index (χ0n) is 16.3. The summed E-state index contributed by atoms with van der Waals surface area (Å²) in [4.78, 5) is 7.09. The zero-order chi connectivity index (χ0) is 19.2. The van der Waals surface area contributed by atoms with Gasteiger partial charge in [-0.2, -0.15) is 0 Å². The Morgan fingerprint density at radius 3 is 2.70 bits per heavy atom. The van der Waals surface area contributed by atoms with Gasteiger partial charge >= 0.3 is 0 Å². The molecule has 2 heterocycles. The Balaban J connectivity index is 2.05. The molecule has 142 valence electrons. The number of benzene rings is 1. The van der Waals surface area contributed by atoms with E-state index < -0.39 is 0 Å². The number of hydrogen-bond donors (Lipinski definition) is 1. The largest absolute Gasteiger partial charge is 0.497 e. The van der Waals surface area contributed by atoms with Crippen molar-refractivity contribution in [2.75, 3.05) is 38.2 Å². The van der Waals surface area contributed by atoms with Crippen molar-refractivity contribution in [3.8, 4) is 5.75 Å². The van der Waals surface area contributed by atoms with Crippen LogP contribution >= 0.6 is 0 Å². The Hall–Kier alpha value is -2.79. The summed E-state index contributed by atoms with van der Waals surface area (Å²) in [5.41, 5.74) is 3.09. The Labute approximate surface area is 161 Å². The molecule has 1 saturated heterocycles. The molecule has 0 radical (unpaired) electrons. The summed E-state index contributed by atoms with van der Waals surface area (Å²) in [7, 11) is 1.64. The zero-order valence-corrected chi connectivity index (χ0v) is 16.3. The number of pyridine rings is 1. The van der Waals surface area contributed by atoms with Gasteiger partial charge in [0.25, 0.3) is 0 Å². The number of piperazine rings is 1. The number of nitrogens with one attached hydrogen (secondary N) is 1. The Morgan fingerprint density at radius 2 is 2.04 bits per heavy atom. The SMILES string of the molecule is C=CC(=CC(=CC)OC)Oc1c(C)cnc2c(N3CCNCC3)cccc12. The fourth-order valence-electron chi connectivity index (χ4n) is 3.23. The number of methoxy groups -OCH3 is 1. The lowest BCUT2D eigenvalue weighted by Crippen LogP contribution is -2.43. The molecule has 0 amide bonds. The number of para-hydroxylation sites is 1. The minimum atomic E-state index is 0.633. The molecule has 0 saturated carbocycles. The van der Waals surface area contributed by atoms with Crippen molar-refractivity contribution < 1.29 is 9.47 Å². The summed E-state index contributed by atoms with van der Waals surface area (Å²) in [6.07, 6.45) is 7.27. The van der Waals surface area contributed by atoms with Gasteiger partial charge in [0.05, 0.1) is 18.3 Å². The number of rotatable bonds is 6. The van der Waals surface area contributed by atoms with Crippen LogP contribution in [0.2, 0.25) is 0 Å². The van der Waals surface area contributed by atoms with E-state index in [0.29, 0.717) is 5.76 Å². The maximum atomic E-state index is 6.24. The van der Waals surface area contributed by atoms with E-state index in [4.69, 9.17) is 14.5 Å². The van der Waals surface area contributed by atoms with Crippen LogP contribution in [-0.4, -0.2) is 38.3 Å². The van der Waals surface area contributed by atoms with Crippen LogP contribution in [0.3, 0.4) is 0 Å². The van der Waals surface area contributed by atoms with Crippen LogP contribution in [0.15, 0.2) is 60.7 Å². The molecule has 5 heteroatoms. The van der Waals surface area contributed by atoms with Gasteiger partial charge in [0, 0.05) is 49.4 Å². The molecule has 0 atom stereocenters. The predicted octanol–water partition coefficient (Wildman–Crippen LogP) is 3.95. The lowest BCUT2D eigenvalue weighted by molar-refractivity contribution is 0.302. The predicted molar refractivity (Wildman–Crippen MR) is 111 cm³/mol. The highest BCUT2D eigenvalue weighted by Crippen LogP contribution is 2.34. The van der Waals surface area contributed by atoms with Crippen molar-refractivity contribution >= 4 is 16.6 Å². The van der Waals surface area contributed by atoms with E-state index in [9.17, 15) is 0 Å². The molecule has 27 heavy (non-hydrogen) atoms. The van der Waals surface area contributed by atoms with Gasteiger partial charge in [-0.25, -0.2) is 0 Å². The second kappa shape index (κ2) is 8.73. The molecular formula is C22H27N3O2. The number of fused-ring (bicyclic) bond motifs is 1. The minimum absolute atomic E-state index is 0.633. The van der Waals surface area contributed by atoms with Crippen LogP contribution in [0, 0.1) is 6.92 Å². The fourth-order valence-corrected chi connectivity index (χ4v) is 3.23. The van der Waals surface area contributed by atoms with Gasteiger partial charge in [-0.05, 0) is 38.1 Å². The number of allylic oxidation sites excluding steroid dienone is 3. The maximum absolute atomic E-state index is 6.24. The normalized spacial score (nSPS) is 15.7. The highest BCUT2D eigenvalue weighted by Gasteiger charge is 2.17. The van der Waals surface area contributed by atoms with Crippen molar-refractivity contribution in [2.45, 2.75) is 13.8 Å². The lowest BCUT2D eigenvalue weighted by Gasteiger charge is -2.30. The highest BCUT2D eigenvalue weighted by atomic mass is 16.5. The number of anilines is 1. The summed E-state index contributed by atoms with van der Waals surface area (Å²) in [5.74, 6) is 2.16. The molecule has 0 unspecified atom stereocenters. The number of nitrogens with zero attached hydrogens (tertiary/aromatic N) is 2. The van der Waals surface area contributed by atoms with Crippen LogP contribution in [0.4, 0.5) is 5.69 Å². The first-order valence-electron chi connectivity index (χ1n) is 9.24. The molecule has 0 aliphatic carbocycles. The average molecular weight is 365 g/mol. The first kappa shape index (κ1) is 19.0. The van der Waals surface area contributed by atoms with Gasteiger partial charge < -0.3 is 19.7 Å². The first-order valence-corrected chi connectivity index (χ1v) is 9.24. The van der Waals surface area contributed by atoms with Crippen LogP contribution in [0.1, 0.15) is 12.5 Å². The molecule has 2 aromatic rings. The van der Waals surface area contributed by atoms with Gasteiger partial charge in [-0.3, -0.25) is 4.98 Å². The van der Waals surface area contributed by atoms with Crippen molar-refractivity contribution in [3.63, 3.8) is 0 Å². The number of aromatic nitrogens is 1. The minimum Gasteiger partial charge on any atom is -0.497 e. The summed E-state index contributed by atoms with van der Waals surface area (Å²) in [6.45, 7) is 11.7. The third kappa shape index (κ3) is 4.14. The van der Waals surface area contributed by atoms with Crippen LogP contribution in [-0.2, 0) is 4.74 Å². The number of aryl methyl sites for hydroxylation is 1. The Bertz CT molecular complexity index is 881. The Morgan fingerprint density at radius 1 is 1.26 bits per heavy atom. The van der Waals surface area contributed by atoms with Crippen LogP contribution in [0.5, 0.6) is 5.75 Å². The quantitative estimate of drug-likeness (QED) is 0.620. The average Bonchev–Trinajstić information content (AvgIpc) is 2.72. The second-order valence-corrected chi connectivity index (χ2v) is 6.43. The molecule has 1 aliphatic heterocycles. The second-order valence-electron chi connectivity index (χ2n) is 6.43. The summed E-state index contributed by atoms with van der Waals surface area (Å²) in [5, 5.41) is 4.39. The lowest BCUT2D eigenvalue weighted by atomic mass is 10.1. The number of ether oxygens (including phenoxy) is 2. The van der Waals surface area contributed by atoms with Crippen LogP contribution < -0.4 is 15.0 Å². The van der Waals surface area contributed by atoms with Crippen molar-refractivity contribution in [2.24, 2.45) is 0 Å². The van der Waals surface area contributed by atoms with Crippen molar-refractivity contribution in [1.29, 1.82) is 0 Å². The van der Waals surface area contributed by atoms with Gasteiger partial charge in [0.2, 0.25) is 0 Å². The van der Waals surface area contributed by atoms with E-state index in [0.717, 1.165) is 59.8 Å². The molecule has 1 aromatic heterocycles. The van der Waals surface area contributed by atoms with Gasteiger partial charge in [0.15, 0.2) is 0 Å². The summed E-state index contributed by atoms with van der Waals surface area (Å²) in [6, 6.07) is 6.26. The fraction of sp³-hybridized carbons (Fsp3) is 0.318. The maximum Gasteiger partial charge on any atom is 0.141 e. The monoisotopic (exact) mass is 365 g/mol. The molecule has 5 nitrogen and oxygen atoms in total. The van der Waals surface area contributed by atoms with E-state index in [-0.39, 0.29) is 0 Å². The summed E-state index contributed by atoms with van der Waals surface area (Å²) < 4.78 is 11.6. The topological polar surface area (TPSA) is 46.6 Å². The molecule has 0 spiro atoms. The molecular weight excluding hydrogens is 338 g/mol. The van der Waals surface area contributed by atoms with E-state index in [1.807, 2.05) is 32.2 Å². The van der Waals surface area contributed by atoms with E-state index in [1.54, 1.807) is 13.2 Å². The molecule has 1 fully saturated rings. The molecule has 1 aromatic carbocycles. The molecule has 3 rings (SSSR count). The summed E-state index contributed by atoms with van der Waals surface area (Å²) >= 11 is 0. The Kier molecular flexibility index (Phi) is 6.14. The molecule has 0 bridgehead atoms. The first-order chi connectivity index (χ1) is 13.2. The van der Waals surface area contributed by atoms with Crippen LogP contribution in [0.25, 0.3) is 10.9 Å². The standard InChI is InChI=1S/C22H27N3O2/c1-5-17(26-4)14-18(6-2)27-22-16(3)15-24-21-19(22)8-7-9-20(21)25-12-10-23-11-13-25/h5-9,14-15,23H,2,10-13H2,1,3-4H3.